The molecule has 114 valence electrons. The van der Waals surface area contributed by atoms with E-state index in [4.69, 9.17) is 4.98 Å². The molecule has 0 aromatic carbocycles. The Bertz CT molecular complexity index is 358. The zero-order valence-corrected chi connectivity index (χ0v) is 13.9. The van der Waals surface area contributed by atoms with Crippen LogP contribution in [0, 0.1) is 0 Å². The monoisotopic (exact) mass is 295 g/mol. The van der Waals surface area contributed by atoms with Gasteiger partial charge in [-0.15, -0.1) is 11.3 Å². The Balaban J connectivity index is 1.89. The molecule has 2 rings (SSSR count). The van der Waals surface area contributed by atoms with Gasteiger partial charge in [0, 0.05) is 24.4 Å². The van der Waals surface area contributed by atoms with Crippen molar-refractivity contribution >= 4 is 11.3 Å². The van der Waals surface area contributed by atoms with Gasteiger partial charge in [-0.25, -0.2) is 4.98 Å². The molecule has 1 fully saturated rings. The smallest absolute Gasteiger partial charge is 0.0944 e. The SMILES string of the molecule is CCCc1nc(CCN2CCCCCC2)sc1CNC. The van der Waals surface area contributed by atoms with Crippen LogP contribution in [0.25, 0.3) is 0 Å². The summed E-state index contributed by atoms with van der Waals surface area (Å²) in [6.07, 6.45) is 9.03. The Kier molecular flexibility index (Phi) is 6.97. The number of thiazole rings is 1. The van der Waals surface area contributed by atoms with Crippen molar-refractivity contribution in [1.29, 1.82) is 0 Å². The Labute approximate surface area is 127 Å². The molecule has 1 aliphatic heterocycles. The van der Waals surface area contributed by atoms with Crippen LogP contribution in [0.2, 0.25) is 0 Å². The van der Waals surface area contributed by atoms with Crippen molar-refractivity contribution in [3.63, 3.8) is 0 Å². The number of aromatic nitrogens is 1. The van der Waals surface area contributed by atoms with Gasteiger partial charge < -0.3 is 10.2 Å². The van der Waals surface area contributed by atoms with Gasteiger partial charge in [0.05, 0.1) is 10.7 Å². The average molecular weight is 295 g/mol. The van der Waals surface area contributed by atoms with E-state index < -0.39 is 0 Å². The van der Waals surface area contributed by atoms with E-state index in [0.717, 1.165) is 19.4 Å². The van der Waals surface area contributed by atoms with E-state index in [0.29, 0.717) is 0 Å². The Hall–Kier alpha value is -0.450. The number of nitrogens with one attached hydrogen (secondary N) is 1. The van der Waals surface area contributed by atoms with Crippen molar-refractivity contribution in [2.75, 3.05) is 26.7 Å². The van der Waals surface area contributed by atoms with E-state index in [2.05, 4.69) is 17.1 Å². The van der Waals surface area contributed by atoms with Gasteiger partial charge in [-0.05, 0) is 39.4 Å². The predicted molar refractivity (Wildman–Crippen MR) is 87.5 cm³/mol. The van der Waals surface area contributed by atoms with Crippen molar-refractivity contribution in [3.8, 4) is 0 Å². The minimum absolute atomic E-state index is 0.969. The van der Waals surface area contributed by atoms with Crippen molar-refractivity contribution in [3.05, 3.63) is 15.6 Å². The number of hydrogen-bond acceptors (Lipinski definition) is 4. The van der Waals surface area contributed by atoms with Crippen LogP contribution in [-0.2, 0) is 19.4 Å². The number of nitrogens with zero attached hydrogens (tertiary/aromatic N) is 2. The molecular formula is C16H29N3S. The van der Waals surface area contributed by atoms with Crippen LogP contribution >= 0.6 is 11.3 Å². The van der Waals surface area contributed by atoms with Crippen LogP contribution < -0.4 is 5.32 Å². The first-order chi connectivity index (χ1) is 9.83. The first kappa shape index (κ1) is 15.9. The van der Waals surface area contributed by atoms with Crippen molar-refractivity contribution in [1.82, 2.24) is 15.2 Å². The summed E-state index contributed by atoms with van der Waals surface area (Å²) < 4.78 is 0. The predicted octanol–water partition coefficient (Wildman–Crippen LogP) is 3.23. The first-order valence-electron chi connectivity index (χ1n) is 8.18. The normalized spacial score (nSPS) is 17.3. The highest BCUT2D eigenvalue weighted by Crippen LogP contribution is 2.21. The molecule has 0 atom stereocenters. The van der Waals surface area contributed by atoms with Gasteiger partial charge >= 0.3 is 0 Å². The molecule has 0 amide bonds. The zero-order valence-electron chi connectivity index (χ0n) is 13.1. The van der Waals surface area contributed by atoms with E-state index in [-0.39, 0.29) is 0 Å². The summed E-state index contributed by atoms with van der Waals surface area (Å²) in [5.74, 6) is 0. The number of rotatable bonds is 7. The van der Waals surface area contributed by atoms with Gasteiger partial charge in [-0.3, -0.25) is 0 Å². The third kappa shape index (κ3) is 4.83. The maximum absolute atomic E-state index is 4.88. The lowest BCUT2D eigenvalue weighted by Gasteiger charge is -2.18. The summed E-state index contributed by atoms with van der Waals surface area (Å²) in [5, 5.41) is 4.61. The maximum Gasteiger partial charge on any atom is 0.0944 e. The van der Waals surface area contributed by atoms with Crippen LogP contribution in [0.1, 0.15) is 54.6 Å². The fourth-order valence-electron chi connectivity index (χ4n) is 2.89. The molecule has 0 spiro atoms. The lowest BCUT2D eigenvalue weighted by Crippen LogP contribution is -2.26. The van der Waals surface area contributed by atoms with Gasteiger partial charge in [0.25, 0.3) is 0 Å². The summed E-state index contributed by atoms with van der Waals surface area (Å²) in [4.78, 5) is 8.95. The van der Waals surface area contributed by atoms with E-state index in [1.165, 1.54) is 67.3 Å². The van der Waals surface area contributed by atoms with Gasteiger partial charge in [0.2, 0.25) is 0 Å². The molecule has 4 heteroatoms. The third-order valence-electron chi connectivity index (χ3n) is 3.99. The molecular weight excluding hydrogens is 266 g/mol. The fraction of sp³-hybridized carbons (Fsp3) is 0.812. The highest BCUT2D eigenvalue weighted by Gasteiger charge is 2.13. The summed E-state index contributed by atoms with van der Waals surface area (Å²) >= 11 is 1.92. The van der Waals surface area contributed by atoms with Crippen LogP contribution in [0.5, 0.6) is 0 Å². The summed E-state index contributed by atoms with van der Waals surface area (Å²) in [7, 11) is 2.02. The molecule has 2 heterocycles. The molecule has 0 radical (unpaired) electrons. The van der Waals surface area contributed by atoms with Gasteiger partial charge in [-0.2, -0.15) is 0 Å². The topological polar surface area (TPSA) is 28.2 Å². The third-order valence-corrected chi connectivity index (χ3v) is 5.14. The van der Waals surface area contributed by atoms with Crippen molar-refractivity contribution in [2.45, 2.75) is 58.4 Å². The summed E-state index contributed by atoms with van der Waals surface area (Å²) in [6.45, 7) is 6.97. The van der Waals surface area contributed by atoms with Gasteiger partial charge in [0.1, 0.15) is 0 Å². The van der Waals surface area contributed by atoms with Crippen LogP contribution in [-0.4, -0.2) is 36.6 Å². The van der Waals surface area contributed by atoms with Crippen molar-refractivity contribution < 1.29 is 0 Å². The second kappa shape index (κ2) is 8.75. The molecule has 3 nitrogen and oxygen atoms in total. The van der Waals surface area contributed by atoms with E-state index >= 15 is 0 Å². The maximum atomic E-state index is 4.88. The van der Waals surface area contributed by atoms with Crippen LogP contribution in [0.15, 0.2) is 0 Å². The minimum atomic E-state index is 0.969. The minimum Gasteiger partial charge on any atom is -0.315 e. The standard InChI is InChI=1S/C16H29N3S/c1-3-8-14-15(13-17-2)20-16(18-14)9-12-19-10-6-4-5-7-11-19/h17H,3-13H2,1-2H3. The highest BCUT2D eigenvalue weighted by molar-refractivity contribution is 7.11. The van der Waals surface area contributed by atoms with Crippen LogP contribution in [0.3, 0.4) is 0 Å². The molecule has 1 aliphatic rings. The second-order valence-electron chi connectivity index (χ2n) is 5.76. The average Bonchev–Trinajstić information content (AvgIpc) is 2.66. The Morgan fingerprint density at radius 2 is 1.90 bits per heavy atom. The molecule has 1 aromatic heterocycles. The molecule has 1 saturated heterocycles. The zero-order chi connectivity index (χ0) is 14.2. The molecule has 0 unspecified atom stereocenters. The van der Waals surface area contributed by atoms with E-state index in [1.807, 2.05) is 18.4 Å². The first-order valence-corrected chi connectivity index (χ1v) is 8.99. The molecule has 0 aliphatic carbocycles. The fourth-order valence-corrected chi connectivity index (χ4v) is 4.00. The molecule has 20 heavy (non-hydrogen) atoms. The number of aryl methyl sites for hydroxylation is 1. The number of hydrogen-bond donors (Lipinski definition) is 1. The van der Waals surface area contributed by atoms with Gasteiger partial charge in [0.15, 0.2) is 0 Å². The van der Waals surface area contributed by atoms with Crippen molar-refractivity contribution in [2.24, 2.45) is 0 Å². The lowest BCUT2D eigenvalue weighted by molar-refractivity contribution is 0.288. The van der Waals surface area contributed by atoms with E-state index in [9.17, 15) is 0 Å². The van der Waals surface area contributed by atoms with E-state index in [1.54, 1.807) is 0 Å². The molecule has 0 bridgehead atoms. The Morgan fingerprint density at radius 3 is 2.55 bits per heavy atom. The number of likely N-dealkylation sites (tertiary alicyclic amines) is 1. The quantitative estimate of drug-likeness (QED) is 0.837. The molecule has 1 N–H and O–H groups in total. The molecule has 0 saturated carbocycles. The highest BCUT2D eigenvalue weighted by atomic mass is 32.1. The molecule has 1 aromatic rings. The Morgan fingerprint density at radius 1 is 1.15 bits per heavy atom. The second-order valence-corrected chi connectivity index (χ2v) is 6.93. The lowest BCUT2D eigenvalue weighted by atomic mass is 10.2. The summed E-state index contributed by atoms with van der Waals surface area (Å²) in [6, 6.07) is 0. The van der Waals surface area contributed by atoms with Gasteiger partial charge in [-0.1, -0.05) is 26.2 Å². The summed E-state index contributed by atoms with van der Waals surface area (Å²) in [5.41, 5.74) is 1.33. The largest absolute Gasteiger partial charge is 0.315 e. The van der Waals surface area contributed by atoms with Crippen LogP contribution in [0.4, 0.5) is 0 Å².